The number of aliphatic hydroxyl groups is 1. The number of hydrogen-bond donors (Lipinski definition) is 4. The number of allylic oxidation sites excluding steroid dienone is 12. The fourth-order valence-corrected chi connectivity index (χ4v) is 7.82. The lowest BCUT2D eigenvalue weighted by atomic mass is 10.0. The number of carboxylic acids is 1. The van der Waals surface area contributed by atoms with Gasteiger partial charge in [-0.25, -0.2) is 9.36 Å². The summed E-state index contributed by atoms with van der Waals surface area (Å²) in [5.41, 5.74) is 0. The van der Waals surface area contributed by atoms with Gasteiger partial charge in [0, 0.05) is 12.8 Å². The Balaban J connectivity index is 3.89. The summed E-state index contributed by atoms with van der Waals surface area (Å²) in [4.78, 5) is 46.1. The molecule has 0 fully saturated rings. The molecule has 0 aliphatic heterocycles. The number of phosphoric acid groups is 1. The number of esters is 1. The molecule has 0 saturated carbocycles. The summed E-state index contributed by atoms with van der Waals surface area (Å²) in [6.45, 7) is 2.43. The van der Waals surface area contributed by atoms with E-state index in [2.05, 4.69) is 79.9 Å². The van der Waals surface area contributed by atoms with Gasteiger partial charge in [-0.05, 0) is 51.4 Å². The number of nitrogens with one attached hydrogen (secondary N) is 1. The Morgan fingerprint density at radius 3 is 1.26 bits per heavy atom. The van der Waals surface area contributed by atoms with Gasteiger partial charge in [0.05, 0.1) is 13.2 Å². The van der Waals surface area contributed by atoms with Crippen LogP contribution in [0, 0.1) is 0 Å². The van der Waals surface area contributed by atoms with Gasteiger partial charge in [-0.1, -0.05) is 228 Å². The van der Waals surface area contributed by atoms with Gasteiger partial charge in [-0.3, -0.25) is 18.6 Å². The summed E-state index contributed by atoms with van der Waals surface area (Å²) in [6, 6.07) is -1.56. The first-order chi connectivity index (χ1) is 32.1. The highest BCUT2D eigenvalue weighted by atomic mass is 31.2. The number of phosphoric ester groups is 1. The van der Waals surface area contributed by atoms with Crippen LogP contribution in [0.5, 0.6) is 0 Å². The highest BCUT2D eigenvalue weighted by Gasteiger charge is 2.28. The molecule has 4 N–H and O–H groups in total. The number of carboxylic acid groups (broad SMARTS) is 1. The van der Waals surface area contributed by atoms with Crippen LogP contribution in [-0.4, -0.2) is 64.9 Å². The van der Waals surface area contributed by atoms with Crippen molar-refractivity contribution in [1.29, 1.82) is 0 Å². The summed E-state index contributed by atoms with van der Waals surface area (Å²) in [6.07, 6.45) is 59.5. The van der Waals surface area contributed by atoms with Crippen LogP contribution in [0.2, 0.25) is 0 Å². The van der Waals surface area contributed by atoms with Gasteiger partial charge in [0.25, 0.3) is 0 Å². The number of carbonyl (C=O) groups excluding carboxylic acids is 2. The molecule has 0 radical (unpaired) electrons. The number of unbranched alkanes of at least 4 members (excludes halogenated alkanes) is 22. The summed E-state index contributed by atoms with van der Waals surface area (Å²) >= 11 is 0. The summed E-state index contributed by atoms with van der Waals surface area (Å²) in [7, 11) is -4.78. The maximum atomic E-state index is 12.4. The molecule has 0 spiro atoms. The third-order valence-electron chi connectivity index (χ3n) is 11.0. The summed E-state index contributed by atoms with van der Waals surface area (Å²) < 4.78 is 26.9. The molecule has 0 bridgehead atoms. The minimum atomic E-state index is -4.78. The number of ether oxygens (including phenoxy) is 1. The standard InChI is InChI=1S/C54H94NO10P/c1-3-5-7-9-11-13-15-17-19-21-23-24-25-26-28-29-31-33-35-37-39-41-43-45-52(57)55-51(54(59)60)49-65-66(61,62)64-48-50(56)47-63-53(58)46-44-42-40-38-36-34-32-30-27-22-20-18-16-14-12-10-8-6-4-2/h6,8,12,14,18,20,27,30,34,36,40,42,50-51,56H,3-5,7,9-11,13,15-17,19,21-26,28-29,31-33,35,37-39,41,43-49H2,1-2H3,(H,55,57)(H,59,60)(H,61,62)/b8-6-,14-12-,20-18-,30-27-,36-34-,42-40-. The van der Waals surface area contributed by atoms with Crippen molar-refractivity contribution in [2.45, 2.75) is 231 Å². The molecular formula is C54H94NO10P. The molecule has 0 rings (SSSR count). The predicted octanol–water partition coefficient (Wildman–Crippen LogP) is 14.5. The highest BCUT2D eigenvalue weighted by Crippen LogP contribution is 2.43. The van der Waals surface area contributed by atoms with E-state index in [0.29, 0.717) is 12.8 Å². The second-order valence-corrected chi connectivity index (χ2v) is 18.8. The molecule has 380 valence electrons. The lowest BCUT2D eigenvalue weighted by Crippen LogP contribution is -2.43. The fourth-order valence-electron chi connectivity index (χ4n) is 7.05. The molecule has 0 aromatic carbocycles. The van der Waals surface area contributed by atoms with Gasteiger partial charge < -0.3 is 25.2 Å². The third kappa shape index (κ3) is 47.4. The predicted molar refractivity (Wildman–Crippen MR) is 272 cm³/mol. The van der Waals surface area contributed by atoms with Gasteiger partial charge in [0.2, 0.25) is 5.91 Å². The molecule has 0 aliphatic carbocycles. The fraction of sp³-hybridized carbons (Fsp3) is 0.722. The first kappa shape index (κ1) is 62.9. The van der Waals surface area contributed by atoms with E-state index < -0.39 is 57.6 Å². The molecule has 11 nitrogen and oxygen atoms in total. The number of carbonyl (C=O) groups is 3. The van der Waals surface area contributed by atoms with Crippen LogP contribution >= 0.6 is 7.82 Å². The topological polar surface area (TPSA) is 169 Å². The smallest absolute Gasteiger partial charge is 0.472 e. The van der Waals surface area contributed by atoms with Crippen LogP contribution in [0.15, 0.2) is 72.9 Å². The SMILES string of the molecule is CC/C=C\C/C=C\C/C=C\C/C=C\C/C=C\C/C=C\CCC(=O)OCC(O)COP(=O)(O)OCC(NC(=O)CCCCCCCCCCCCCCCCCCCCCCCCC)C(=O)O. The Labute approximate surface area is 401 Å². The maximum absolute atomic E-state index is 12.4. The molecule has 66 heavy (non-hydrogen) atoms. The minimum Gasteiger partial charge on any atom is -0.480 e. The van der Waals surface area contributed by atoms with Gasteiger partial charge in [-0.15, -0.1) is 0 Å². The first-order valence-electron chi connectivity index (χ1n) is 26.0. The van der Waals surface area contributed by atoms with Gasteiger partial charge >= 0.3 is 19.8 Å². The van der Waals surface area contributed by atoms with Crippen LogP contribution in [0.25, 0.3) is 0 Å². The van der Waals surface area contributed by atoms with E-state index in [1.807, 2.05) is 12.2 Å². The van der Waals surface area contributed by atoms with Gasteiger partial charge in [-0.2, -0.15) is 0 Å². The van der Waals surface area contributed by atoms with Crippen LogP contribution in [0.4, 0.5) is 0 Å². The molecule has 12 heteroatoms. The van der Waals surface area contributed by atoms with Crippen molar-refractivity contribution in [3.05, 3.63) is 72.9 Å². The lowest BCUT2D eigenvalue weighted by molar-refractivity contribution is -0.147. The Morgan fingerprint density at radius 1 is 0.500 bits per heavy atom. The highest BCUT2D eigenvalue weighted by molar-refractivity contribution is 7.47. The molecular weight excluding hydrogens is 854 g/mol. The molecule has 0 aromatic rings. The molecule has 0 aliphatic rings. The van der Waals surface area contributed by atoms with E-state index in [0.717, 1.165) is 57.8 Å². The van der Waals surface area contributed by atoms with Crippen LogP contribution in [0.1, 0.15) is 219 Å². The van der Waals surface area contributed by atoms with E-state index in [-0.39, 0.29) is 12.8 Å². The average Bonchev–Trinajstić information content (AvgIpc) is 3.29. The zero-order valence-electron chi connectivity index (χ0n) is 41.5. The zero-order valence-corrected chi connectivity index (χ0v) is 42.4. The first-order valence-corrected chi connectivity index (χ1v) is 27.5. The average molecular weight is 948 g/mol. The lowest BCUT2D eigenvalue weighted by Gasteiger charge is -2.18. The Morgan fingerprint density at radius 2 is 0.864 bits per heavy atom. The van der Waals surface area contributed by atoms with E-state index in [1.54, 1.807) is 0 Å². The molecule has 0 aromatic heterocycles. The number of aliphatic carboxylic acids is 1. The minimum absolute atomic E-state index is 0.0965. The van der Waals surface area contributed by atoms with E-state index in [1.165, 1.54) is 122 Å². The van der Waals surface area contributed by atoms with Crippen molar-refractivity contribution in [1.82, 2.24) is 5.32 Å². The summed E-state index contributed by atoms with van der Waals surface area (Å²) in [5, 5.41) is 21.9. The maximum Gasteiger partial charge on any atom is 0.472 e. The molecule has 1 amide bonds. The van der Waals surface area contributed by atoms with E-state index in [4.69, 9.17) is 13.8 Å². The second kappa shape index (κ2) is 48.4. The normalized spacial score (nSPS) is 14.1. The number of amides is 1. The number of aliphatic hydroxyl groups excluding tert-OH is 1. The van der Waals surface area contributed by atoms with Crippen LogP contribution in [0.3, 0.4) is 0 Å². The third-order valence-corrected chi connectivity index (χ3v) is 12.0. The van der Waals surface area contributed by atoms with Gasteiger partial charge in [0.15, 0.2) is 6.04 Å². The molecule has 3 unspecified atom stereocenters. The quantitative estimate of drug-likeness (QED) is 0.0199. The van der Waals surface area contributed by atoms with Crippen molar-refractivity contribution < 1.29 is 47.8 Å². The number of rotatable bonds is 48. The van der Waals surface area contributed by atoms with Crippen molar-refractivity contribution in [2.24, 2.45) is 0 Å². The Hall–Kier alpha value is -3.08. The van der Waals surface area contributed by atoms with Crippen molar-refractivity contribution >= 4 is 25.7 Å². The molecule has 0 heterocycles. The van der Waals surface area contributed by atoms with Crippen LogP contribution in [-0.2, 0) is 32.7 Å². The van der Waals surface area contributed by atoms with Gasteiger partial charge in [0.1, 0.15) is 12.7 Å². The zero-order chi connectivity index (χ0) is 48.4. The van der Waals surface area contributed by atoms with Crippen molar-refractivity contribution in [3.8, 4) is 0 Å². The second-order valence-electron chi connectivity index (χ2n) is 17.3. The Bertz CT molecular complexity index is 1390. The molecule has 0 saturated heterocycles. The van der Waals surface area contributed by atoms with E-state index >= 15 is 0 Å². The van der Waals surface area contributed by atoms with Crippen LogP contribution < -0.4 is 5.32 Å². The summed E-state index contributed by atoms with van der Waals surface area (Å²) in [5.74, 6) is -2.46. The van der Waals surface area contributed by atoms with E-state index in [9.17, 15) is 34.1 Å². The largest absolute Gasteiger partial charge is 0.480 e. The molecule has 3 atom stereocenters. The Kier molecular flexibility index (Phi) is 46.1. The monoisotopic (exact) mass is 948 g/mol. The number of hydrogen-bond acceptors (Lipinski definition) is 8. The van der Waals surface area contributed by atoms with Crippen molar-refractivity contribution in [2.75, 3.05) is 19.8 Å². The van der Waals surface area contributed by atoms with Crippen molar-refractivity contribution in [3.63, 3.8) is 0 Å².